The summed E-state index contributed by atoms with van der Waals surface area (Å²) in [4.78, 5) is 17.7. The summed E-state index contributed by atoms with van der Waals surface area (Å²) in [5.74, 6) is -0.637. The summed E-state index contributed by atoms with van der Waals surface area (Å²) >= 11 is 1.30. The highest BCUT2D eigenvalue weighted by Crippen LogP contribution is 2.21. The highest BCUT2D eigenvalue weighted by atomic mass is 32.1. The first kappa shape index (κ1) is 20.2. The molecule has 0 atom stereocenters. The number of halogens is 1. The summed E-state index contributed by atoms with van der Waals surface area (Å²) in [6, 6.07) is 22.0. The van der Waals surface area contributed by atoms with Crippen molar-refractivity contribution >= 4 is 27.5 Å². The number of carbonyl (C=O) groups excluding carboxylic acids is 1. The third kappa shape index (κ3) is 4.40. The number of ether oxygens (including phenoxy) is 1. The average Bonchev–Trinajstić information content (AvgIpc) is 3.10. The Kier molecular flexibility index (Phi) is 6.16. The van der Waals surface area contributed by atoms with E-state index >= 15 is 0 Å². The summed E-state index contributed by atoms with van der Waals surface area (Å²) in [7, 11) is 0. The molecule has 4 aromatic rings. The average molecular weight is 421 g/mol. The van der Waals surface area contributed by atoms with E-state index in [1.165, 1.54) is 23.5 Å². The zero-order valence-electron chi connectivity index (χ0n) is 16.5. The second kappa shape index (κ2) is 9.15. The Balaban J connectivity index is 1.67. The van der Waals surface area contributed by atoms with Gasteiger partial charge in [0.15, 0.2) is 4.80 Å². The Bertz CT molecular complexity index is 1230. The Labute approximate surface area is 177 Å². The van der Waals surface area contributed by atoms with Crippen LogP contribution in [0.3, 0.4) is 0 Å². The minimum Gasteiger partial charge on any atom is -0.380 e. The first-order chi connectivity index (χ1) is 14.7. The van der Waals surface area contributed by atoms with Crippen LogP contribution in [0.15, 0.2) is 77.8 Å². The van der Waals surface area contributed by atoms with Gasteiger partial charge in [0.25, 0.3) is 5.91 Å². The van der Waals surface area contributed by atoms with Gasteiger partial charge < -0.3 is 9.30 Å². The van der Waals surface area contributed by atoms with Crippen LogP contribution in [0.5, 0.6) is 0 Å². The van der Waals surface area contributed by atoms with Gasteiger partial charge in [0, 0.05) is 18.7 Å². The molecule has 0 aliphatic carbocycles. The Hall–Kier alpha value is -3.09. The first-order valence-electron chi connectivity index (χ1n) is 9.77. The molecule has 0 radical (unpaired) electrons. The van der Waals surface area contributed by atoms with Crippen molar-refractivity contribution < 1.29 is 13.9 Å². The SMILES string of the molecule is CCOCCn1c(=NC(=O)c2ccc(-c3ccccc3)cc2)sc2cc(F)ccc21. The Morgan fingerprint density at radius 3 is 2.50 bits per heavy atom. The highest BCUT2D eigenvalue weighted by Gasteiger charge is 2.10. The molecule has 1 amide bonds. The van der Waals surface area contributed by atoms with Gasteiger partial charge in [-0.3, -0.25) is 4.79 Å². The highest BCUT2D eigenvalue weighted by molar-refractivity contribution is 7.16. The number of fused-ring (bicyclic) bond motifs is 1. The molecular weight excluding hydrogens is 399 g/mol. The monoisotopic (exact) mass is 420 g/mol. The van der Waals surface area contributed by atoms with Crippen molar-refractivity contribution in [1.29, 1.82) is 0 Å². The van der Waals surface area contributed by atoms with Gasteiger partial charge in [-0.25, -0.2) is 4.39 Å². The van der Waals surface area contributed by atoms with Gasteiger partial charge in [-0.15, -0.1) is 0 Å². The second-order valence-electron chi connectivity index (χ2n) is 6.71. The van der Waals surface area contributed by atoms with Crippen LogP contribution in [0.2, 0.25) is 0 Å². The van der Waals surface area contributed by atoms with Crippen LogP contribution in [-0.2, 0) is 11.3 Å². The maximum Gasteiger partial charge on any atom is 0.279 e. The van der Waals surface area contributed by atoms with Crippen molar-refractivity contribution in [3.63, 3.8) is 0 Å². The molecular formula is C24H21FN2O2S. The van der Waals surface area contributed by atoms with E-state index in [4.69, 9.17) is 4.74 Å². The maximum atomic E-state index is 13.7. The maximum absolute atomic E-state index is 13.7. The predicted octanol–water partition coefficient (Wildman–Crippen LogP) is 5.29. The fourth-order valence-corrected chi connectivity index (χ4v) is 4.32. The fourth-order valence-electron chi connectivity index (χ4n) is 3.24. The van der Waals surface area contributed by atoms with Crippen LogP contribution in [0.1, 0.15) is 17.3 Å². The van der Waals surface area contributed by atoms with Crippen molar-refractivity contribution in [2.75, 3.05) is 13.2 Å². The summed E-state index contributed by atoms with van der Waals surface area (Å²) < 4.78 is 21.8. The third-order valence-corrected chi connectivity index (χ3v) is 5.79. The molecule has 3 aromatic carbocycles. The van der Waals surface area contributed by atoms with Gasteiger partial charge in [0.1, 0.15) is 5.82 Å². The van der Waals surface area contributed by atoms with E-state index < -0.39 is 0 Å². The van der Waals surface area contributed by atoms with Gasteiger partial charge in [-0.2, -0.15) is 4.99 Å². The molecule has 0 aliphatic rings. The van der Waals surface area contributed by atoms with E-state index in [0.29, 0.717) is 30.1 Å². The van der Waals surface area contributed by atoms with Crippen LogP contribution < -0.4 is 4.80 Å². The topological polar surface area (TPSA) is 43.6 Å². The van der Waals surface area contributed by atoms with Crippen molar-refractivity contribution in [3.05, 3.63) is 89.0 Å². The van der Waals surface area contributed by atoms with Crippen molar-refractivity contribution in [3.8, 4) is 11.1 Å². The van der Waals surface area contributed by atoms with Crippen molar-refractivity contribution in [1.82, 2.24) is 4.57 Å². The molecule has 0 spiro atoms. The largest absolute Gasteiger partial charge is 0.380 e. The Morgan fingerprint density at radius 1 is 1.03 bits per heavy atom. The summed E-state index contributed by atoms with van der Waals surface area (Å²) in [6.07, 6.45) is 0. The minimum atomic E-state index is -0.327. The van der Waals surface area contributed by atoms with Crippen LogP contribution in [0.4, 0.5) is 4.39 Å². The van der Waals surface area contributed by atoms with Gasteiger partial charge in [0.2, 0.25) is 0 Å². The number of benzene rings is 3. The molecule has 1 aromatic heterocycles. The molecule has 30 heavy (non-hydrogen) atoms. The van der Waals surface area contributed by atoms with Crippen LogP contribution in [0.25, 0.3) is 21.3 Å². The molecule has 0 unspecified atom stereocenters. The number of amides is 1. The summed E-state index contributed by atoms with van der Waals surface area (Å²) in [5.41, 5.74) is 3.48. The molecule has 0 saturated heterocycles. The van der Waals surface area contributed by atoms with Gasteiger partial charge in [-0.05, 0) is 48.4 Å². The second-order valence-corrected chi connectivity index (χ2v) is 7.71. The fraction of sp³-hybridized carbons (Fsp3) is 0.167. The lowest BCUT2D eigenvalue weighted by Gasteiger charge is -2.05. The molecule has 1 heterocycles. The number of hydrogen-bond donors (Lipinski definition) is 0. The van der Waals surface area contributed by atoms with E-state index in [9.17, 15) is 9.18 Å². The van der Waals surface area contributed by atoms with E-state index in [-0.39, 0.29) is 11.7 Å². The smallest absolute Gasteiger partial charge is 0.279 e. The molecule has 0 aliphatic heterocycles. The van der Waals surface area contributed by atoms with Crippen molar-refractivity contribution in [2.24, 2.45) is 4.99 Å². The number of hydrogen-bond acceptors (Lipinski definition) is 3. The van der Waals surface area contributed by atoms with Crippen LogP contribution in [0, 0.1) is 5.82 Å². The minimum absolute atomic E-state index is 0.310. The van der Waals surface area contributed by atoms with Gasteiger partial charge in [0.05, 0.1) is 16.8 Å². The lowest BCUT2D eigenvalue weighted by molar-refractivity contribution is 0.0996. The number of thiazole rings is 1. The summed E-state index contributed by atoms with van der Waals surface area (Å²) in [5, 5.41) is 0. The molecule has 152 valence electrons. The molecule has 0 bridgehead atoms. The van der Waals surface area contributed by atoms with Crippen molar-refractivity contribution in [2.45, 2.75) is 13.5 Å². The lowest BCUT2D eigenvalue weighted by atomic mass is 10.0. The number of rotatable bonds is 6. The van der Waals surface area contributed by atoms with Gasteiger partial charge >= 0.3 is 0 Å². The molecule has 0 fully saturated rings. The third-order valence-electron chi connectivity index (χ3n) is 4.74. The number of aromatic nitrogens is 1. The van der Waals surface area contributed by atoms with Crippen LogP contribution in [-0.4, -0.2) is 23.7 Å². The van der Waals surface area contributed by atoms with Crippen LogP contribution >= 0.6 is 11.3 Å². The van der Waals surface area contributed by atoms with E-state index in [2.05, 4.69) is 4.99 Å². The Morgan fingerprint density at radius 2 is 1.77 bits per heavy atom. The van der Waals surface area contributed by atoms with E-state index in [1.807, 2.05) is 54.0 Å². The molecule has 4 nitrogen and oxygen atoms in total. The van der Waals surface area contributed by atoms with E-state index in [0.717, 1.165) is 21.3 Å². The normalized spacial score (nSPS) is 11.9. The van der Waals surface area contributed by atoms with E-state index in [1.54, 1.807) is 18.2 Å². The first-order valence-corrected chi connectivity index (χ1v) is 10.6. The predicted molar refractivity (Wildman–Crippen MR) is 118 cm³/mol. The van der Waals surface area contributed by atoms with Gasteiger partial charge in [-0.1, -0.05) is 53.8 Å². The molecule has 0 saturated carbocycles. The standard InChI is InChI=1S/C24H21FN2O2S/c1-2-29-15-14-27-21-13-12-20(25)16-22(21)30-24(27)26-23(28)19-10-8-18(9-11-19)17-6-4-3-5-7-17/h3-13,16H,2,14-15H2,1H3. The lowest BCUT2D eigenvalue weighted by Crippen LogP contribution is -2.19. The molecule has 4 rings (SSSR count). The summed E-state index contributed by atoms with van der Waals surface area (Å²) in [6.45, 7) is 3.57. The molecule has 0 N–H and O–H groups in total. The zero-order chi connectivity index (χ0) is 20.9. The number of nitrogens with zero attached hydrogens (tertiary/aromatic N) is 2. The quantitative estimate of drug-likeness (QED) is 0.398. The zero-order valence-corrected chi connectivity index (χ0v) is 17.4. The molecule has 6 heteroatoms. The number of carbonyl (C=O) groups is 1.